The van der Waals surface area contributed by atoms with Crippen molar-refractivity contribution in [2.24, 2.45) is 0 Å². The molecule has 2 rings (SSSR count). The van der Waals surface area contributed by atoms with E-state index in [4.69, 9.17) is 5.11 Å². The van der Waals surface area contributed by atoms with E-state index in [0.717, 1.165) is 11.1 Å². The summed E-state index contributed by atoms with van der Waals surface area (Å²) in [6.45, 7) is 0.470. The van der Waals surface area contributed by atoms with Crippen LogP contribution < -0.4 is 5.32 Å². The van der Waals surface area contributed by atoms with Crippen LogP contribution in [0.2, 0.25) is 0 Å². The first-order chi connectivity index (χ1) is 12.1. The summed E-state index contributed by atoms with van der Waals surface area (Å²) in [5, 5.41) is 21.0. The Kier molecular flexibility index (Phi) is 6.98. The van der Waals surface area contributed by atoms with Crippen LogP contribution in [0.1, 0.15) is 11.1 Å². The normalized spacial score (nSPS) is 10.3. The van der Waals surface area contributed by atoms with Crippen LogP contribution in [0, 0.1) is 0 Å². The first kappa shape index (κ1) is 18.5. The minimum atomic E-state index is -0.692. The number of aliphatic hydroxyl groups excluding tert-OH is 1. The number of rotatable bonds is 7. The number of phenolic OH excluding ortho intramolecular Hbond substituents is 1. The minimum absolute atomic E-state index is 0.0963. The molecule has 0 saturated heterocycles. The number of nitrogens with one attached hydrogen (secondary N) is 1. The molecule has 6 nitrogen and oxygen atoms in total. The molecule has 0 radical (unpaired) electrons. The Morgan fingerprint density at radius 3 is 2.28 bits per heavy atom. The fourth-order valence-corrected chi connectivity index (χ4v) is 2.38. The molecule has 0 fully saturated rings. The van der Waals surface area contributed by atoms with Crippen molar-refractivity contribution in [2.75, 3.05) is 19.7 Å². The lowest BCUT2D eigenvalue weighted by Gasteiger charge is -2.21. The summed E-state index contributed by atoms with van der Waals surface area (Å²) in [6.07, 6.45) is 0.554. The Bertz CT molecular complexity index is 686. The van der Waals surface area contributed by atoms with Gasteiger partial charge < -0.3 is 20.4 Å². The summed E-state index contributed by atoms with van der Waals surface area (Å²) in [7, 11) is 0. The predicted molar refractivity (Wildman–Crippen MR) is 93.8 cm³/mol. The second-order valence-corrected chi connectivity index (χ2v) is 5.61. The smallest absolute Gasteiger partial charge is 0.312 e. The fraction of sp³-hybridized carbons (Fsp3) is 0.263. The minimum Gasteiger partial charge on any atom is -0.508 e. The SMILES string of the molecule is O=C(NCCc1ccc(O)cc1)C(=O)N(CCO)Cc1ccccc1. The maximum atomic E-state index is 12.3. The van der Waals surface area contributed by atoms with Gasteiger partial charge in [0, 0.05) is 19.6 Å². The average molecular weight is 342 g/mol. The van der Waals surface area contributed by atoms with Crippen LogP contribution in [-0.4, -0.2) is 46.6 Å². The summed E-state index contributed by atoms with van der Waals surface area (Å²) in [4.78, 5) is 25.7. The van der Waals surface area contributed by atoms with Gasteiger partial charge in [-0.25, -0.2) is 0 Å². The Hall–Kier alpha value is -2.86. The largest absolute Gasteiger partial charge is 0.508 e. The van der Waals surface area contributed by atoms with E-state index >= 15 is 0 Å². The first-order valence-corrected chi connectivity index (χ1v) is 8.10. The quantitative estimate of drug-likeness (QED) is 0.657. The molecule has 2 aromatic rings. The van der Waals surface area contributed by atoms with E-state index < -0.39 is 11.8 Å². The molecule has 132 valence electrons. The maximum absolute atomic E-state index is 12.3. The van der Waals surface area contributed by atoms with Crippen molar-refractivity contribution < 1.29 is 19.8 Å². The first-order valence-electron chi connectivity index (χ1n) is 8.10. The van der Waals surface area contributed by atoms with Gasteiger partial charge in [-0.05, 0) is 29.7 Å². The highest BCUT2D eigenvalue weighted by Gasteiger charge is 2.21. The van der Waals surface area contributed by atoms with E-state index in [2.05, 4.69) is 5.32 Å². The second-order valence-electron chi connectivity index (χ2n) is 5.61. The van der Waals surface area contributed by atoms with Crippen LogP contribution in [0.5, 0.6) is 5.75 Å². The molecule has 3 N–H and O–H groups in total. The highest BCUT2D eigenvalue weighted by atomic mass is 16.3. The van der Waals surface area contributed by atoms with Crippen LogP contribution in [-0.2, 0) is 22.6 Å². The standard InChI is InChI=1S/C19H22N2O4/c22-13-12-21(14-16-4-2-1-3-5-16)19(25)18(24)20-11-10-15-6-8-17(23)9-7-15/h1-9,22-23H,10-14H2,(H,20,24). The highest BCUT2D eigenvalue weighted by molar-refractivity contribution is 6.34. The van der Waals surface area contributed by atoms with Crippen LogP contribution in [0.4, 0.5) is 0 Å². The van der Waals surface area contributed by atoms with Gasteiger partial charge in [0.25, 0.3) is 0 Å². The zero-order valence-corrected chi connectivity index (χ0v) is 13.9. The second kappa shape index (κ2) is 9.44. The molecule has 2 aromatic carbocycles. The van der Waals surface area contributed by atoms with E-state index in [0.29, 0.717) is 13.0 Å². The number of hydrogen-bond donors (Lipinski definition) is 3. The Balaban J connectivity index is 1.87. The van der Waals surface area contributed by atoms with Gasteiger partial charge >= 0.3 is 11.8 Å². The molecule has 0 aromatic heterocycles. The van der Waals surface area contributed by atoms with Crippen molar-refractivity contribution in [1.29, 1.82) is 0 Å². The number of nitrogens with zero attached hydrogens (tertiary/aromatic N) is 1. The van der Waals surface area contributed by atoms with Crippen LogP contribution in [0.25, 0.3) is 0 Å². The molecule has 6 heteroatoms. The number of amides is 2. The molecule has 0 aliphatic rings. The van der Waals surface area contributed by atoms with Crippen molar-refractivity contribution in [3.8, 4) is 5.75 Å². The molecule has 0 aliphatic carbocycles. The van der Waals surface area contributed by atoms with E-state index in [1.165, 1.54) is 4.90 Å². The number of carbonyl (C=O) groups is 2. The average Bonchev–Trinajstić information content (AvgIpc) is 2.63. The number of aromatic hydroxyl groups is 1. The Labute approximate surface area is 146 Å². The monoisotopic (exact) mass is 342 g/mol. The zero-order valence-electron chi connectivity index (χ0n) is 13.9. The van der Waals surface area contributed by atoms with Gasteiger partial charge in [0.2, 0.25) is 0 Å². The van der Waals surface area contributed by atoms with Gasteiger partial charge in [0.1, 0.15) is 5.75 Å². The van der Waals surface area contributed by atoms with Gasteiger partial charge in [-0.3, -0.25) is 9.59 Å². The van der Waals surface area contributed by atoms with Crippen molar-refractivity contribution >= 4 is 11.8 Å². The van der Waals surface area contributed by atoms with Gasteiger partial charge in [0.05, 0.1) is 6.61 Å². The summed E-state index contributed by atoms with van der Waals surface area (Å²) < 4.78 is 0. The summed E-state index contributed by atoms with van der Waals surface area (Å²) in [5.74, 6) is -1.17. The van der Waals surface area contributed by atoms with E-state index in [-0.39, 0.29) is 25.4 Å². The van der Waals surface area contributed by atoms with Gasteiger partial charge in [-0.1, -0.05) is 42.5 Å². The Morgan fingerprint density at radius 1 is 0.960 bits per heavy atom. The molecule has 0 aliphatic heterocycles. The molecular weight excluding hydrogens is 320 g/mol. The number of hydrogen-bond acceptors (Lipinski definition) is 4. The van der Waals surface area contributed by atoms with Crippen molar-refractivity contribution in [3.63, 3.8) is 0 Å². The van der Waals surface area contributed by atoms with Crippen molar-refractivity contribution in [3.05, 3.63) is 65.7 Å². The lowest BCUT2D eigenvalue weighted by atomic mass is 10.1. The number of carbonyl (C=O) groups excluding carboxylic acids is 2. The Morgan fingerprint density at radius 2 is 1.64 bits per heavy atom. The van der Waals surface area contributed by atoms with E-state index in [9.17, 15) is 14.7 Å². The van der Waals surface area contributed by atoms with Crippen LogP contribution in [0.3, 0.4) is 0 Å². The molecule has 0 spiro atoms. The van der Waals surface area contributed by atoms with E-state index in [1.54, 1.807) is 24.3 Å². The predicted octanol–water partition coefficient (Wildman–Crippen LogP) is 1.07. The van der Waals surface area contributed by atoms with Crippen molar-refractivity contribution in [1.82, 2.24) is 10.2 Å². The van der Waals surface area contributed by atoms with Crippen LogP contribution >= 0.6 is 0 Å². The summed E-state index contributed by atoms with van der Waals surface area (Å²) in [6, 6.07) is 16.0. The lowest BCUT2D eigenvalue weighted by Crippen LogP contribution is -2.44. The topological polar surface area (TPSA) is 89.9 Å². The molecule has 0 unspecified atom stereocenters. The molecule has 0 bridgehead atoms. The summed E-state index contributed by atoms with van der Waals surface area (Å²) >= 11 is 0. The molecule has 0 heterocycles. The number of benzene rings is 2. The number of phenols is 1. The third kappa shape index (κ3) is 5.93. The third-order valence-corrected chi connectivity index (χ3v) is 3.70. The third-order valence-electron chi connectivity index (χ3n) is 3.70. The maximum Gasteiger partial charge on any atom is 0.312 e. The van der Waals surface area contributed by atoms with Crippen LogP contribution in [0.15, 0.2) is 54.6 Å². The molecular formula is C19H22N2O4. The summed E-state index contributed by atoms with van der Waals surface area (Å²) in [5.41, 5.74) is 1.84. The molecule has 25 heavy (non-hydrogen) atoms. The molecule has 0 atom stereocenters. The lowest BCUT2D eigenvalue weighted by molar-refractivity contribution is -0.146. The van der Waals surface area contributed by atoms with Crippen molar-refractivity contribution in [2.45, 2.75) is 13.0 Å². The van der Waals surface area contributed by atoms with E-state index in [1.807, 2.05) is 30.3 Å². The zero-order chi connectivity index (χ0) is 18.1. The van der Waals surface area contributed by atoms with Gasteiger partial charge in [-0.15, -0.1) is 0 Å². The number of aliphatic hydroxyl groups is 1. The highest BCUT2D eigenvalue weighted by Crippen LogP contribution is 2.09. The van der Waals surface area contributed by atoms with Gasteiger partial charge in [0.15, 0.2) is 0 Å². The molecule has 0 saturated carbocycles. The fourth-order valence-electron chi connectivity index (χ4n) is 2.38. The van der Waals surface area contributed by atoms with Gasteiger partial charge in [-0.2, -0.15) is 0 Å². The molecule has 2 amide bonds.